The monoisotopic (exact) mass is 450 g/mol. The zero-order valence-electron chi connectivity index (χ0n) is 15.7. The molecule has 0 radical (unpaired) electrons. The fourth-order valence-electron chi connectivity index (χ4n) is 2.72. The van der Waals surface area contributed by atoms with Crippen LogP contribution in [0.2, 0.25) is 0 Å². The smallest absolute Gasteiger partial charge is 0.262 e. The van der Waals surface area contributed by atoms with Gasteiger partial charge >= 0.3 is 0 Å². The van der Waals surface area contributed by atoms with Crippen LogP contribution in [0.25, 0.3) is 10.9 Å². The van der Waals surface area contributed by atoms with Crippen LogP contribution in [0.15, 0.2) is 37.1 Å². The summed E-state index contributed by atoms with van der Waals surface area (Å²) >= 11 is 4.89. The van der Waals surface area contributed by atoms with Crippen molar-refractivity contribution in [3.63, 3.8) is 0 Å². The largest absolute Gasteiger partial charge is 0.338 e. The summed E-state index contributed by atoms with van der Waals surface area (Å²) in [4.78, 5) is 22.2. The number of aryl methyl sites for hydroxylation is 1. The third kappa shape index (κ3) is 4.99. The first-order valence-corrected chi connectivity index (χ1v) is 10.9. The average Bonchev–Trinajstić information content (AvgIpc) is 3.09. The standard InChI is InChI=1S/C19H23BrN4O2S/c1-4-5-6-16-22-17(26-23-16)11-27-19-21-15-8-7-13(20)9-14(15)18(25)24(19)10-12(2)3/h7-9,12H,4-6,10-11H2,1-3H3. The summed E-state index contributed by atoms with van der Waals surface area (Å²) < 4.78 is 7.95. The molecule has 8 heteroatoms. The zero-order valence-corrected chi connectivity index (χ0v) is 18.1. The van der Waals surface area contributed by atoms with E-state index in [9.17, 15) is 4.79 Å². The van der Waals surface area contributed by atoms with Crippen LogP contribution in [0.3, 0.4) is 0 Å². The summed E-state index contributed by atoms with van der Waals surface area (Å²) in [5, 5.41) is 5.32. The van der Waals surface area contributed by atoms with Gasteiger partial charge < -0.3 is 4.52 Å². The van der Waals surface area contributed by atoms with Crippen LogP contribution in [-0.4, -0.2) is 19.7 Å². The normalized spacial score (nSPS) is 11.6. The van der Waals surface area contributed by atoms with Gasteiger partial charge in [0.25, 0.3) is 5.56 Å². The summed E-state index contributed by atoms with van der Waals surface area (Å²) in [7, 11) is 0. The van der Waals surface area contributed by atoms with Crippen molar-refractivity contribution in [2.75, 3.05) is 0 Å². The molecule has 2 aromatic heterocycles. The second-order valence-electron chi connectivity index (χ2n) is 6.86. The molecule has 0 aliphatic carbocycles. The molecule has 144 valence electrons. The summed E-state index contributed by atoms with van der Waals surface area (Å²) in [5.41, 5.74) is 0.673. The van der Waals surface area contributed by atoms with Gasteiger partial charge in [-0.05, 0) is 30.5 Å². The number of hydrogen-bond acceptors (Lipinski definition) is 6. The van der Waals surface area contributed by atoms with Crippen molar-refractivity contribution >= 4 is 38.6 Å². The van der Waals surface area contributed by atoms with Gasteiger partial charge in [0.05, 0.1) is 16.7 Å². The third-order valence-electron chi connectivity index (χ3n) is 4.02. The van der Waals surface area contributed by atoms with Gasteiger partial charge in [-0.1, -0.05) is 60.0 Å². The molecule has 0 aliphatic heterocycles. The van der Waals surface area contributed by atoms with E-state index >= 15 is 0 Å². The number of hydrogen-bond donors (Lipinski definition) is 0. The van der Waals surface area contributed by atoms with Crippen LogP contribution >= 0.6 is 27.7 Å². The molecule has 0 atom stereocenters. The van der Waals surface area contributed by atoms with E-state index in [1.54, 1.807) is 4.57 Å². The van der Waals surface area contributed by atoms with Crippen molar-refractivity contribution in [1.29, 1.82) is 0 Å². The van der Waals surface area contributed by atoms with Crippen molar-refractivity contribution in [1.82, 2.24) is 19.7 Å². The summed E-state index contributed by atoms with van der Waals surface area (Å²) in [6.45, 7) is 6.92. The molecule has 3 rings (SSSR count). The van der Waals surface area contributed by atoms with E-state index in [4.69, 9.17) is 9.51 Å². The van der Waals surface area contributed by atoms with Crippen LogP contribution in [0, 0.1) is 5.92 Å². The molecule has 0 saturated carbocycles. The van der Waals surface area contributed by atoms with E-state index in [-0.39, 0.29) is 5.56 Å². The Morgan fingerprint density at radius 2 is 2.11 bits per heavy atom. The lowest BCUT2D eigenvalue weighted by molar-refractivity contribution is 0.384. The molecule has 0 fully saturated rings. The number of unbranched alkanes of at least 4 members (excludes halogenated alkanes) is 1. The first-order chi connectivity index (χ1) is 13.0. The highest BCUT2D eigenvalue weighted by Gasteiger charge is 2.15. The molecule has 1 aromatic carbocycles. The molecule has 27 heavy (non-hydrogen) atoms. The quantitative estimate of drug-likeness (QED) is 0.361. The fourth-order valence-corrected chi connectivity index (χ4v) is 3.93. The summed E-state index contributed by atoms with van der Waals surface area (Å²) in [6, 6.07) is 5.59. The maximum absolute atomic E-state index is 13.0. The molecule has 0 spiro atoms. The minimum Gasteiger partial charge on any atom is -0.338 e. The van der Waals surface area contributed by atoms with Crippen molar-refractivity contribution in [3.05, 3.63) is 44.7 Å². The molecular formula is C19H23BrN4O2S. The van der Waals surface area contributed by atoms with Gasteiger partial charge in [0.15, 0.2) is 11.0 Å². The lowest BCUT2D eigenvalue weighted by atomic mass is 10.2. The van der Waals surface area contributed by atoms with E-state index in [0.717, 1.165) is 29.6 Å². The first-order valence-electron chi connectivity index (χ1n) is 9.12. The van der Waals surface area contributed by atoms with Gasteiger partial charge in [-0.15, -0.1) is 0 Å². The highest BCUT2D eigenvalue weighted by molar-refractivity contribution is 9.10. The average molecular weight is 451 g/mol. The van der Waals surface area contributed by atoms with Crippen LogP contribution in [0.5, 0.6) is 0 Å². The van der Waals surface area contributed by atoms with E-state index < -0.39 is 0 Å². The number of rotatable bonds is 8. The molecule has 2 heterocycles. The molecule has 0 bridgehead atoms. The van der Waals surface area contributed by atoms with Gasteiger partial charge in [0.1, 0.15) is 0 Å². The van der Waals surface area contributed by atoms with Crippen molar-refractivity contribution in [2.24, 2.45) is 5.92 Å². The molecule has 0 amide bonds. The second kappa shape index (κ2) is 9.01. The number of fused-ring (bicyclic) bond motifs is 1. The zero-order chi connectivity index (χ0) is 19.4. The molecule has 0 saturated heterocycles. The lowest BCUT2D eigenvalue weighted by Crippen LogP contribution is -2.25. The SMILES string of the molecule is CCCCc1noc(CSc2nc3ccc(Br)cc3c(=O)n2CC(C)C)n1. The predicted molar refractivity (Wildman–Crippen MR) is 111 cm³/mol. The number of benzene rings is 1. The number of nitrogens with zero attached hydrogens (tertiary/aromatic N) is 4. The fraction of sp³-hybridized carbons (Fsp3) is 0.474. The van der Waals surface area contributed by atoms with E-state index in [1.165, 1.54) is 11.8 Å². The molecule has 0 aliphatic rings. The number of thioether (sulfide) groups is 1. The molecule has 0 unspecified atom stereocenters. The second-order valence-corrected chi connectivity index (χ2v) is 8.72. The Morgan fingerprint density at radius 1 is 1.30 bits per heavy atom. The summed E-state index contributed by atoms with van der Waals surface area (Å²) in [5.74, 6) is 2.12. The van der Waals surface area contributed by atoms with E-state index in [0.29, 0.717) is 40.2 Å². The highest BCUT2D eigenvalue weighted by atomic mass is 79.9. The first kappa shape index (κ1) is 20.1. The van der Waals surface area contributed by atoms with Crippen LogP contribution < -0.4 is 5.56 Å². The topological polar surface area (TPSA) is 73.8 Å². The van der Waals surface area contributed by atoms with Crippen LogP contribution in [0.1, 0.15) is 45.3 Å². The number of aromatic nitrogens is 4. The van der Waals surface area contributed by atoms with Crippen LogP contribution in [0.4, 0.5) is 0 Å². The van der Waals surface area contributed by atoms with Gasteiger partial charge in [0, 0.05) is 17.4 Å². The van der Waals surface area contributed by atoms with Crippen molar-refractivity contribution in [2.45, 2.75) is 57.5 Å². The Hall–Kier alpha value is -1.67. The van der Waals surface area contributed by atoms with Crippen molar-refractivity contribution < 1.29 is 4.52 Å². The predicted octanol–water partition coefficient (Wildman–Crippen LogP) is 4.83. The molecule has 3 aromatic rings. The highest BCUT2D eigenvalue weighted by Crippen LogP contribution is 2.24. The Morgan fingerprint density at radius 3 is 2.85 bits per heavy atom. The molecular weight excluding hydrogens is 428 g/mol. The van der Waals surface area contributed by atoms with Crippen LogP contribution in [-0.2, 0) is 18.7 Å². The Bertz CT molecular complexity index is 983. The van der Waals surface area contributed by atoms with E-state index in [2.05, 4.69) is 46.8 Å². The Kier molecular flexibility index (Phi) is 6.70. The molecule has 6 nitrogen and oxygen atoms in total. The van der Waals surface area contributed by atoms with Crippen molar-refractivity contribution in [3.8, 4) is 0 Å². The Balaban J connectivity index is 1.89. The van der Waals surface area contributed by atoms with Gasteiger partial charge in [-0.25, -0.2) is 4.98 Å². The minimum absolute atomic E-state index is 0.0216. The lowest BCUT2D eigenvalue weighted by Gasteiger charge is -2.14. The number of halogens is 1. The Labute approximate surface area is 170 Å². The van der Waals surface area contributed by atoms with Gasteiger partial charge in [-0.3, -0.25) is 9.36 Å². The maximum Gasteiger partial charge on any atom is 0.262 e. The maximum atomic E-state index is 13.0. The minimum atomic E-state index is -0.0216. The molecule has 0 N–H and O–H groups in total. The van der Waals surface area contributed by atoms with Gasteiger partial charge in [0.2, 0.25) is 5.89 Å². The summed E-state index contributed by atoms with van der Waals surface area (Å²) in [6.07, 6.45) is 2.96. The van der Waals surface area contributed by atoms with Gasteiger partial charge in [-0.2, -0.15) is 4.98 Å². The van der Waals surface area contributed by atoms with E-state index in [1.807, 2.05) is 18.2 Å². The third-order valence-corrected chi connectivity index (χ3v) is 5.47.